The second-order valence-electron chi connectivity index (χ2n) is 8.52. The number of piperidine rings is 1. The van der Waals surface area contributed by atoms with Gasteiger partial charge in [-0.15, -0.1) is 0 Å². The van der Waals surface area contributed by atoms with Gasteiger partial charge in [0.05, 0.1) is 7.11 Å². The Balaban J connectivity index is 1.45. The first-order valence-electron chi connectivity index (χ1n) is 11.2. The van der Waals surface area contributed by atoms with Crippen LogP contribution >= 0.6 is 0 Å². The van der Waals surface area contributed by atoms with Crippen LogP contribution in [0.25, 0.3) is 11.1 Å². The van der Waals surface area contributed by atoms with Gasteiger partial charge in [0.1, 0.15) is 5.75 Å². The molecule has 2 aromatic rings. The monoisotopic (exact) mass is 435 g/mol. The van der Waals surface area contributed by atoms with Crippen LogP contribution in [-0.2, 0) is 14.4 Å². The van der Waals surface area contributed by atoms with Crippen LogP contribution in [0, 0.1) is 6.92 Å². The maximum Gasteiger partial charge on any atom is 0.229 e. The van der Waals surface area contributed by atoms with Crippen molar-refractivity contribution in [3.05, 3.63) is 47.8 Å². The van der Waals surface area contributed by atoms with Gasteiger partial charge in [0.2, 0.25) is 17.7 Å². The highest BCUT2D eigenvalue weighted by Crippen LogP contribution is 2.31. The summed E-state index contributed by atoms with van der Waals surface area (Å²) in [4.78, 5) is 44.3. The zero-order chi connectivity index (χ0) is 22.7. The molecule has 168 valence electrons. The average molecular weight is 436 g/mol. The summed E-state index contributed by atoms with van der Waals surface area (Å²) in [6, 6.07) is 12.1. The summed E-state index contributed by atoms with van der Waals surface area (Å²) in [7, 11) is 1.66. The van der Waals surface area contributed by atoms with Gasteiger partial charge in [-0.1, -0.05) is 12.1 Å². The Morgan fingerprint density at radius 3 is 2.66 bits per heavy atom. The number of aryl methyl sites for hydroxylation is 1. The minimum Gasteiger partial charge on any atom is -0.497 e. The van der Waals surface area contributed by atoms with Crippen molar-refractivity contribution in [3.63, 3.8) is 0 Å². The number of hydrogen-bond acceptors (Lipinski definition) is 5. The van der Waals surface area contributed by atoms with Gasteiger partial charge >= 0.3 is 0 Å². The van der Waals surface area contributed by atoms with Gasteiger partial charge in [0.15, 0.2) is 0 Å². The number of imide groups is 1. The number of likely N-dealkylation sites (tertiary alicyclic amines) is 2. The van der Waals surface area contributed by atoms with Crippen LogP contribution in [0.1, 0.15) is 49.4 Å². The number of benzene rings is 1. The minimum atomic E-state index is -0.173. The highest BCUT2D eigenvalue weighted by molar-refractivity contribution is 6.02. The molecule has 0 saturated carbocycles. The van der Waals surface area contributed by atoms with Crippen molar-refractivity contribution in [1.82, 2.24) is 14.8 Å². The Morgan fingerprint density at radius 2 is 1.91 bits per heavy atom. The molecule has 7 heteroatoms. The first kappa shape index (κ1) is 22.0. The van der Waals surface area contributed by atoms with Gasteiger partial charge in [-0.2, -0.15) is 0 Å². The van der Waals surface area contributed by atoms with Crippen molar-refractivity contribution in [1.29, 1.82) is 0 Å². The van der Waals surface area contributed by atoms with Crippen molar-refractivity contribution in [3.8, 4) is 16.9 Å². The van der Waals surface area contributed by atoms with Crippen LogP contribution < -0.4 is 4.74 Å². The maximum atomic E-state index is 12.8. The summed E-state index contributed by atoms with van der Waals surface area (Å²) in [6.07, 6.45) is 2.57. The number of amides is 3. The van der Waals surface area contributed by atoms with E-state index in [4.69, 9.17) is 9.72 Å². The molecule has 0 aliphatic carbocycles. The van der Waals surface area contributed by atoms with E-state index in [2.05, 4.69) is 18.2 Å². The van der Waals surface area contributed by atoms with Gasteiger partial charge in [0.25, 0.3) is 0 Å². The average Bonchev–Trinajstić information content (AvgIpc) is 3.14. The predicted octanol–water partition coefficient (Wildman–Crippen LogP) is 3.31. The van der Waals surface area contributed by atoms with Crippen molar-refractivity contribution in [2.45, 2.75) is 44.9 Å². The molecule has 2 aliphatic heterocycles. The van der Waals surface area contributed by atoms with Crippen molar-refractivity contribution >= 4 is 17.7 Å². The molecule has 0 N–H and O–H groups in total. The van der Waals surface area contributed by atoms with E-state index < -0.39 is 0 Å². The van der Waals surface area contributed by atoms with Gasteiger partial charge in [0, 0.05) is 56.2 Å². The Labute approximate surface area is 188 Å². The predicted molar refractivity (Wildman–Crippen MR) is 120 cm³/mol. The zero-order valence-electron chi connectivity index (χ0n) is 18.7. The van der Waals surface area contributed by atoms with Gasteiger partial charge < -0.3 is 9.64 Å². The molecule has 1 aromatic heterocycles. The second kappa shape index (κ2) is 9.51. The normalized spacial score (nSPS) is 18.9. The quantitative estimate of drug-likeness (QED) is 0.651. The van der Waals surface area contributed by atoms with Gasteiger partial charge in [-0.25, -0.2) is 0 Å². The molecule has 3 amide bonds. The first-order chi connectivity index (χ1) is 15.4. The lowest BCUT2D eigenvalue weighted by molar-refractivity contribution is -0.139. The van der Waals surface area contributed by atoms with Crippen molar-refractivity contribution in [2.75, 3.05) is 26.7 Å². The summed E-state index contributed by atoms with van der Waals surface area (Å²) in [5.74, 6) is 0.611. The molecule has 2 saturated heterocycles. The van der Waals surface area contributed by atoms with E-state index in [1.54, 1.807) is 7.11 Å². The van der Waals surface area contributed by atoms with Crippen LogP contribution in [0.3, 0.4) is 0 Å². The fourth-order valence-corrected chi connectivity index (χ4v) is 4.56. The van der Waals surface area contributed by atoms with Gasteiger partial charge in [-0.05, 0) is 55.2 Å². The lowest BCUT2D eigenvalue weighted by atomic mass is 9.92. The molecule has 3 heterocycles. The fourth-order valence-electron chi connectivity index (χ4n) is 4.56. The van der Waals surface area contributed by atoms with Crippen LogP contribution in [0.15, 0.2) is 36.4 Å². The molecule has 1 unspecified atom stereocenters. The molecule has 32 heavy (non-hydrogen) atoms. The molecule has 0 bridgehead atoms. The lowest BCUT2D eigenvalue weighted by Gasteiger charge is -2.33. The number of nitrogens with zero attached hydrogens (tertiary/aromatic N) is 3. The third kappa shape index (κ3) is 4.82. The van der Waals surface area contributed by atoms with E-state index >= 15 is 0 Å². The zero-order valence-corrected chi connectivity index (χ0v) is 18.7. The Kier molecular flexibility index (Phi) is 6.53. The van der Waals surface area contributed by atoms with Crippen LogP contribution in [0.5, 0.6) is 5.75 Å². The molecule has 1 atom stereocenters. The number of carbonyl (C=O) groups excluding carboxylic acids is 3. The van der Waals surface area contributed by atoms with Crippen LogP contribution in [0.4, 0.5) is 0 Å². The highest BCUT2D eigenvalue weighted by atomic mass is 16.5. The van der Waals surface area contributed by atoms with E-state index in [9.17, 15) is 14.4 Å². The molecule has 2 aliphatic rings. The molecule has 0 spiro atoms. The number of aromatic nitrogens is 1. The third-order valence-electron chi connectivity index (χ3n) is 6.27. The van der Waals surface area contributed by atoms with Crippen molar-refractivity contribution in [2.24, 2.45) is 0 Å². The van der Waals surface area contributed by atoms with Gasteiger partial charge in [-0.3, -0.25) is 24.3 Å². The summed E-state index contributed by atoms with van der Waals surface area (Å²) < 4.78 is 5.36. The SMILES string of the molecule is COc1cccc(-c2cc(C)nc(C3CCCN(C(=O)CCN4C(=O)CCC4=O)C3)c2)c1. The standard InChI is InChI=1S/C25H29N3O4/c1-17-13-20(18-5-3-7-21(14-18)32-2)15-22(26-17)19-6-4-11-27(16-19)23(29)10-12-28-24(30)8-9-25(28)31/h3,5,7,13-15,19H,4,6,8-12,16H2,1-2H3. The number of ether oxygens (including phenoxy) is 1. The number of hydrogen-bond donors (Lipinski definition) is 0. The Hall–Kier alpha value is -3.22. The number of rotatable bonds is 6. The molecule has 4 rings (SSSR count). The van der Waals surface area contributed by atoms with E-state index in [0.29, 0.717) is 13.1 Å². The maximum absolute atomic E-state index is 12.8. The third-order valence-corrected chi connectivity index (χ3v) is 6.27. The summed E-state index contributed by atoms with van der Waals surface area (Å²) in [6.45, 7) is 3.48. The van der Waals surface area contributed by atoms with Crippen molar-refractivity contribution < 1.29 is 19.1 Å². The van der Waals surface area contributed by atoms with E-state index in [1.807, 2.05) is 30.0 Å². The topological polar surface area (TPSA) is 79.8 Å². The summed E-state index contributed by atoms with van der Waals surface area (Å²) in [5.41, 5.74) is 4.08. The number of methoxy groups -OCH3 is 1. The summed E-state index contributed by atoms with van der Waals surface area (Å²) >= 11 is 0. The van der Waals surface area contributed by atoms with Crippen LogP contribution in [-0.4, -0.2) is 59.2 Å². The molecular weight excluding hydrogens is 406 g/mol. The Bertz CT molecular complexity index is 1020. The first-order valence-corrected chi connectivity index (χ1v) is 11.2. The molecule has 0 radical (unpaired) electrons. The highest BCUT2D eigenvalue weighted by Gasteiger charge is 2.31. The van der Waals surface area contributed by atoms with E-state index in [-0.39, 0.29) is 49.4 Å². The molecule has 2 fully saturated rings. The molecular formula is C25H29N3O4. The summed E-state index contributed by atoms with van der Waals surface area (Å²) in [5, 5.41) is 0. The minimum absolute atomic E-state index is 0.0112. The van der Waals surface area contributed by atoms with E-state index in [0.717, 1.165) is 41.1 Å². The molecule has 1 aromatic carbocycles. The Morgan fingerprint density at radius 1 is 1.12 bits per heavy atom. The van der Waals surface area contributed by atoms with E-state index in [1.165, 1.54) is 4.90 Å². The number of carbonyl (C=O) groups is 3. The fraction of sp³-hybridized carbons (Fsp3) is 0.440. The largest absolute Gasteiger partial charge is 0.497 e. The lowest BCUT2D eigenvalue weighted by Crippen LogP contribution is -2.41. The smallest absolute Gasteiger partial charge is 0.229 e. The second-order valence-corrected chi connectivity index (χ2v) is 8.52. The molecule has 7 nitrogen and oxygen atoms in total. The number of pyridine rings is 1. The van der Waals surface area contributed by atoms with Crippen LogP contribution in [0.2, 0.25) is 0 Å².